The number of carboxylic acid groups (broad SMARTS) is 1. The highest BCUT2D eigenvalue weighted by molar-refractivity contribution is 5.87. The molecule has 0 bridgehead atoms. The molecule has 3 rings (SSSR count). The van der Waals surface area contributed by atoms with Gasteiger partial charge in [-0.05, 0) is 30.3 Å². The number of aliphatic carboxylic acids is 1. The molecule has 0 aliphatic rings. The number of hydrogen-bond acceptors (Lipinski definition) is 3. The average molecular weight is 329 g/mol. The van der Waals surface area contributed by atoms with Gasteiger partial charge in [0.15, 0.2) is 0 Å². The molecule has 6 nitrogen and oxygen atoms in total. The molecule has 124 valence electrons. The van der Waals surface area contributed by atoms with Gasteiger partial charge in [0.25, 0.3) is 0 Å². The Morgan fingerprint density at radius 1 is 1.42 bits per heavy atom. The second-order valence-corrected chi connectivity index (χ2v) is 5.30. The van der Waals surface area contributed by atoms with Crippen LogP contribution in [0.5, 0.6) is 0 Å². The highest BCUT2D eigenvalue weighted by atomic mass is 19.1. The lowest BCUT2D eigenvalue weighted by Crippen LogP contribution is -2.03. The quantitative estimate of drug-likeness (QED) is 0.731. The van der Waals surface area contributed by atoms with E-state index in [1.807, 2.05) is 4.57 Å². The zero-order valence-corrected chi connectivity index (χ0v) is 13.2. The number of halogens is 1. The first-order valence-corrected chi connectivity index (χ1v) is 7.24. The normalized spacial score (nSPS) is 11.6. The molecule has 2 heterocycles. The minimum absolute atomic E-state index is 0.251. The first-order chi connectivity index (χ1) is 11.5. The lowest BCUT2D eigenvalue weighted by molar-refractivity contribution is -0.131. The Labute approximate surface area is 137 Å². The van der Waals surface area contributed by atoms with Crippen molar-refractivity contribution in [3.63, 3.8) is 0 Å². The standard InChI is InChI=1S/C17H16FN3O3/c1-20-17(13(4-6-16(22)23)14(19-20)10-24-2)21-8-7-11-9-12(18)3-5-15(11)21/h3-9H,10H2,1-2H3,(H,22,23). The Hall–Kier alpha value is -2.93. The van der Waals surface area contributed by atoms with Crippen molar-refractivity contribution >= 4 is 22.9 Å². The zero-order valence-electron chi connectivity index (χ0n) is 13.2. The third kappa shape index (κ3) is 2.81. The van der Waals surface area contributed by atoms with Crippen LogP contribution in [-0.2, 0) is 23.2 Å². The van der Waals surface area contributed by atoms with E-state index < -0.39 is 5.97 Å². The summed E-state index contributed by atoms with van der Waals surface area (Å²) in [4.78, 5) is 10.9. The molecule has 2 aromatic heterocycles. The van der Waals surface area contributed by atoms with Gasteiger partial charge in [0.2, 0.25) is 0 Å². The third-order valence-corrected chi connectivity index (χ3v) is 3.68. The van der Waals surface area contributed by atoms with Crippen molar-refractivity contribution in [2.24, 2.45) is 7.05 Å². The molecule has 0 unspecified atom stereocenters. The van der Waals surface area contributed by atoms with Gasteiger partial charge in [-0.1, -0.05) is 0 Å². The number of methoxy groups -OCH3 is 1. The van der Waals surface area contributed by atoms with Gasteiger partial charge in [0.1, 0.15) is 11.6 Å². The van der Waals surface area contributed by atoms with Gasteiger partial charge in [-0.25, -0.2) is 9.18 Å². The van der Waals surface area contributed by atoms with Crippen molar-refractivity contribution in [3.8, 4) is 5.82 Å². The fourth-order valence-corrected chi connectivity index (χ4v) is 2.74. The lowest BCUT2D eigenvalue weighted by Gasteiger charge is -2.08. The van der Waals surface area contributed by atoms with Crippen LogP contribution in [0.2, 0.25) is 0 Å². The second kappa shape index (κ2) is 6.29. The molecule has 0 aliphatic heterocycles. The fraction of sp³-hybridized carbons (Fsp3) is 0.176. The van der Waals surface area contributed by atoms with Crippen LogP contribution in [-0.4, -0.2) is 32.5 Å². The van der Waals surface area contributed by atoms with Crippen LogP contribution in [0, 0.1) is 5.82 Å². The number of ether oxygens (including phenoxy) is 1. The second-order valence-electron chi connectivity index (χ2n) is 5.30. The van der Waals surface area contributed by atoms with Crippen LogP contribution in [0.15, 0.2) is 36.5 Å². The number of rotatable bonds is 5. The summed E-state index contributed by atoms with van der Waals surface area (Å²) in [6.07, 6.45) is 4.36. The molecule has 0 amide bonds. The number of aromatic nitrogens is 3. The van der Waals surface area contributed by atoms with E-state index in [1.165, 1.54) is 18.2 Å². The highest BCUT2D eigenvalue weighted by Gasteiger charge is 2.17. The van der Waals surface area contributed by atoms with E-state index >= 15 is 0 Å². The molecular weight excluding hydrogens is 313 g/mol. The van der Waals surface area contributed by atoms with Crippen LogP contribution >= 0.6 is 0 Å². The van der Waals surface area contributed by atoms with Gasteiger partial charge in [0.05, 0.1) is 17.8 Å². The lowest BCUT2D eigenvalue weighted by atomic mass is 10.2. The summed E-state index contributed by atoms with van der Waals surface area (Å²) in [5.41, 5.74) is 2.06. The van der Waals surface area contributed by atoms with Crippen LogP contribution in [0.25, 0.3) is 22.8 Å². The maximum atomic E-state index is 13.4. The highest BCUT2D eigenvalue weighted by Crippen LogP contribution is 2.26. The molecule has 0 atom stereocenters. The van der Waals surface area contributed by atoms with Crippen molar-refractivity contribution < 1.29 is 19.0 Å². The van der Waals surface area contributed by atoms with Crippen LogP contribution in [0.3, 0.4) is 0 Å². The average Bonchev–Trinajstić information content (AvgIpc) is 3.05. The van der Waals surface area contributed by atoms with Crippen molar-refractivity contribution in [2.45, 2.75) is 6.61 Å². The predicted molar refractivity (Wildman–Crippen MR) is 87.4 cm³/mol. The van der Waals surface area contributed by atoms with Crippen molar-refractivity contribution in [3.05, 3.63) is 53.6 Å². The molecule has 0 saturated carbocycles. The molecule has 0 radical (unpaired) electrons. The molecule has 0 saturated heterocycles. The number of hydrogen-bond donors (Lipinski definition) is 1. The molecule has 0 fully saturated rings. The summed E-state index contributed by atoms with van der Waals surface area (Å²) in [6, 6.07) is 6.31. The monoisotopic (exact) mass is 329 g/mol. The summed E-state index contributed by atoms with van der Waals surface area (Å²) >= 11 is 0. The van der Waals surface area contributed by atoms with E-state index in [0.717, 1.165) is 17.0 Å². The topological polar surface area (TPSA) is 69.3 Å². The first-order valence-electron chi connectivity index (χ1n) is 7.24. The van der Waals surface area contributed by atoms with Crippen molar-refractivity contribution in [1.82, 2.24) is 14.3 Å². The van der Waals surface area contributed by atoms with Gasteiger partial charge in [-0.15, -0.1) is 0 Å². The Balaban J connectivity index is 2.23. The van der Waals surface area contributed by atoms with Gasteiger partial charge >= 0.3 is 5.97 Å². The fourth-order valence-electron chi connectivity index (χ4n) is 2.74. The Kier molecular flexibility index (Phi) is 4.18. The maximum absolute atomic E-state index is 13.4. The molecule has 7 heteroatoms. The van der Waals surface area contributed by atoms with Crippen LogP contribution in [0.1, 0.15) is 11.3 Å². The van der Waals surface area contributed by atoms with E-state index in [2.05, 4.69) is 5.10 Å². The summed E-state index contributed by atoms with van der Waals surface area (Å²) in [5.74, 6) is -0.676. The first kappa shape index (κ1) is 15.9. The Morgan fingerprint density at radius 3 is 2.92 bits per heavy atom. The summed E-state index contributed by atoms with van der Waals surface area (Å²) in [6.45, 7) is 0.251. The molecule has 24 heavy (non-hydrogen) atoms. The number of fused-ring (bicyclic) bond motifs is 1. The summed E-state index contributed by atoms with van der Waals surface area (Å²) < 4.78 is 22.1. The molecule has 0 spiro atoms. The Morgan fingerprint density at radius 2 is 2.21 bits per heavy atom. The zero-order chi connectivity index (χ0) is 17.3. The van der Waals surface area contributed by atoms with Crippen molar-refractivity contribution in [2.75, 3.05) is 7.11 Å². The third-order valence-electron chi connectivity index (χ3n) is 3.68. The minimum atomic E-state index is -1.05. The number of nitrogens with zero attached hydrogens (tertiary/aromatic N) is 3. The SMILES string of the molecule is COCc1nn(C)c(-n2ccc3cc(F)ccc32)c1C=CC(=O)O. The predicted octanol–water partition coefficient (Wildman–Crippen LogP) is 2.75. The molecule has 3 aromatic rings. The van der Waals surface area contributed by atoms with Crippen LogP contribution < -0.4 is 0 Å². The van der Waals surface area contributed by atoms with Gasteiger partial charge in [-0.3, -0.25) is 4.68 Å². The molecule has 1 N–H and O–H groups in total. The largest absolute Gasteiger partial charge is 0.478 e. The number of aryl methyl sites for hydroxylation is 1. The molecular formula is C17H16FN3O3. The van der Waals surface area contributed by atoms with E-state index in [9.17, 15) is 9.18 Å². The van der Waals surface area contributed by atoms with E-state index in [4.69, 9.17) is 9.84 Å². The summed E-state index contributed by atoms with van der Waals surface area (Å²) in [7, 11) is 3.31. The van der Waals surface area contributed by atoms with Gasteiger partial charge in [0, 0.05) is 37.4 Å². The number of carboxylic acids is 1. The van der Waals surface area contributed by atoms with E-state index in [-0.39, 0.29) is 12.4 Å². The smallest absolute Gasteiger partial charge is 0.328 e. The number of carbonyl (C=O) groups is 1. The minimum Gasteiger partial charge on any atom is -0.478 e. The van der Waals surface area contributed by atoms with Gasteiger partial charge < -0.3 is 14.4 Å². The summed E-state index contributed by atoms with van der Waals surface area (Å²) in [5, 5.41) is 14.1. The maximum Gasteiger partial charge on any atom is 0.328 e. The van der Waals surface area contributed by atoms with E-state index in [0.29, 0.717) is 17.1 Å². The Bertz CT molecular complexity index is 940. The van der Waals surface area contributed by atoms with Crippen molar-refractivity contribution in [1.29, 1.82) is 0 Å². The van der Waals surface area contributed by atoms with Gasteiger partial charge in [-0.2, -0.15) is 5.10 Å². The molecule has 0 aliphatic carbocycles. The van der Waals surface area contributed by atoms with E-state index in [1.54, 1.807) is 37.2 Å². The molecule has 1 aromatic carbocycles. The number of benzene rings is 1. The van der Waals surface area contributed by atoms with Crippen LogP contribution in [0.4, 0.5) is 4.39 Å².